The highest BCUT2D eigenvalue weighted by Gasteiger charge is 2.24. The quantitative estimate of drug-likeness (QED) is 0.807. The van der Waals surface area contributed by atoms with Gasteiger partial charge >= 0.3 is 5.69 Å². The monoisotopic (exact) mass is 356 g/mol. The average molecular weight is 356 g/mol. The molecule has 0 saturated carbocycles. The summed E-state index contributed by atoms with van der Waals surface area (Å²) >= 11 is 0. The van der Waals surface area contributed by atoms with Gasteiger partial charge in [0, 0.05) is 51.5 Å². The average Bonchev–Trinajstić information content (AvgIpc) is 2.65. The number of likely N-dealkylation sites (N-methyl/N-ethyl adjacent to an activating group) is 1. The van der Waals surface area contributed by atoms with E-state index < -0.39 is 0 Å². The van der Waals surface area contributed by atoms with Gasteiger partial charge in [-0.3, -0.25) is 19.2 Å². The van der Waals surface area contributed by atoms with Gasteiger partial charge in [0.2, 0.25) is 0 Å². The van der Waals surface area contributed by atoms with Gasteiger partial charge in [-0.1, -0.05) is 30.3 Å². The van der Waals surface area contributed by atoms with Crippen molar-refractivity contribution in [2.75, 3.05) is 20.1 Å². The van der Waals surface area contributed by atoms with E-state index in [0.29, 0.717) is 18.2 Å². The second-order valence-corrected chi connectivity index (χ2v) is 7.34. The van der Waals surface area contributed by atoms with Crippen LogP contribution < -0.4 is 11.2 Å². The fourth-order valence-electron chi connectivity index (χ4n) is 3.77. The van der Waals surface area contributed by atoms with Gasteiger partial charge in [0.25, 0.3) is 5.56 Å². The Labute approximate surface area is 154 Å². The molecule has 1 aliphatic heterocycles. The molecule has 1 atom stereocenters. The van der Waals surface area contributed by atoms with Crippen molar-refractivity contribution in [3.05, 3.63) is 68.5 Å². The highest BCUT2D eigenvalue weighted by molar-refractivity contribution is 5.14. The topological polar surface area (TPSA) is 50.5 Å². The molecule has 6 nitrogen and oxygen atoms in total. The van der Waals surface area contributed by atoms with Gasteiger partial charge in [-0.05, 0) is 32.0 Å². The number of rotatable bonds is 5. The van der Waals surface area contributed by atoms with E-state index in [1.165, 1.54) is 21.7 Å². The zero-order chi connectivity index (χ0) is 18.7. The molecule has 0 aliphatic carbocycles. The minimum Gasteiger partial charge on any atom is -0.303 e. The molecule has 26 heavy (non-hydrogen) atoms. The van der Waals surface area contributed by atoms with E-state index in [1.54, 1.807) is 13.2 Å². The summed E-state index contributed by atoms with van der Waals surface area (Å²) < 4.78 is 2.67. The van der Waals surface area contributed by atoms with E-state index in [0.717, 1.165) is 32.5 Å². The fraction of sp³-hybridized carbons (Fsp3) is 0.500. The second-order valence-electron chi connectivity index (χ2n) is 7.34. The maximum absolute atomic E-state index is 12.4. The van der Waals surface area contributed by atoms with Crippen LogP contribution in [0.25, 0.3) is 0 Å². The largest absolute Gasteiger partial charge is 0.330 e. The molecule has 1 saturated heterocycles. The number of aromatic nitrogens is 2. The van der Waals surface area contributed by atoms with Crippen LogP contribution in [0.15, 0.2) is 46.1 Å². The van der Waals surface area contributed by atoms with Crippen LogP contribution in [-0.2, 0) is 27.2 Å². The summed E-state index contributed by atoms with van der Waals surface area (Å²) in [7, 11) is 5.30. The molecule has 1 aliphatic rings. The number of hydrogen-bond donors (Lipinski definition) is 0. The molecular formula is C20H28N4O2. The van der Waals surface area contributed by atoms with Crippen LogP contribution in [0.4, 0.5) is 0 Å². The molecular weight excluding hydrogens is 328 g/mol. The zero-order valence-corrected chi connectivity index (χ0v) is 15.9. The predicted molar refractivity (Wildman–Crippen MR) is 103 cm³/mol. The third-order valence-corrected chi connectivity index (χ3v) is 5.29. The number of benzene rings is 1. The summed E-state index contributed by atoms with van der Waals surface area (Å²) in [5, 5.41) is 0. The van der Waals surface area contributed by atoms with Crippen LogP contribution in [0.2, 0.25) is 0 Å². The Morgan fingerprint density at radius 2 is 1.88 bits per heavy atom. The first-order chi connectivity index (χ1) is 12.5. The molecule has 1 aromatic heterocycles. The van der Waals surface area contributed by atoms with E-state index in [-0.39, 0.29) is 11.2 Å². The highest BCUT2D eigenvalue weighted by Crippen LogP contribution is 2.18. The summed E-state index contributed by atoms with van der Waals surface area (Å²) in [6.45, 7) is 3.63. The lowest BCUT2D eigenvalue weighted by Crippen LogP contribution is -2.47. The molecule has 0 bridgehead atoms. The lowest BCUT2D eigenvalue weighted by molar-refractivity contribution is 0.106. The maximum Gasteiger partial charge on any atom is 0.330 e. The molecule has 140 valence electrons. The maximum atomic E-state index is 12.4. The molecule has 0 radical (unpaired) electrons. The van der Waals surface area contributed by atoms with Crippen LogP contribution in [0, 0.1) is 0 Å². The minimum absolute atomic E-state index is 0.197. The van der Waals surface area contributed by atoms with Crippen LogP contribution in [-0.4, -0.2) is 45.1 Å². The van der Waals surface area contributed by atoms with Gasteiger partial charge in [-0.25, -0.2) is 4.79 Å². The standard InChI is InChI=1S/C20H28N4O2/c1-21(13-17-14-22(2)20(26)23(3)19(17)25)18-10-7-11-24(15-18)12-16-8-5-4-6-9-16/h4-6,8-9,14,18H,7,10-13,15H2,1-3H3. The van der Waals surface area contributed by atoms with Crippen molar-refractivity contribution < 1.29 is 0 Å². The number of likely N-dealkylation sites (tertiary alicyclic amines) is 1. The Balaban J connectivity index is 1.67. The van der Waals surface area contributed by atoms with Gasteiger partial charge < -0.3 is 4.57 Å². The Morgan fingerprint density at radius 1 is 1.15 bits per heavy atom. The number of aryl methyl sites for hydroxylation is 1. The highest BCUT2D eigenvalue weighted by atomic mass is 16.2. The van der Waals surface area contributed by atoms with Gasteiger partial charge in [0.15, 0.2) is 0 Å². The van der Waals surface area contributed by atoms with Crippen molar-refractivity contribution in [1.29, 1.82) is 0 Å². The first-order valence-electron chi connectivity index (χ1n) is 9.17. The van der Waals surface area contributed by atoms with Gasteiger partial charge in [-0.2, -0.15) is 0 Å². The molecule has 3 rings (SSSR count). The lowest BCUT2D eigenvalue weighted by atomic mass is 10.0. The Bertz CT molecular complexity index is 856. The van der Waals surface area contributed by atoms with E-state index in [1.807, 2.05) is 6.07 Å². The third kappa shape index (κ3) is 4.14. The summed E-state index contributed by atoms with van der Waals surface area (Å²) in [4.78, 5) is 29.0. The predicted octanol–water partition coefficient (Wildman–Crippen LogP) is 1.18. The van der Waals surface area contributed by atoms with Crippen LogP contribution in [0.3, 0.4) is 0 Å². The van der Waals surface area contributed by atoms with Crippen molar-refractivity contribution >= 4 is 0 Å². The van der Waals surface area contributed by atoms with Gasteiger partial charge in [0.1, 0.15) is 0 Å². The van der Waals surface area contributed by atoms with E-state index >= 15 is 0 Å². The molecule has 0 N–H and O–H groups in total. The number of piperidine rings is 1. The second kappa shape index (κ2) is 8.01. The number of hydrogen-bond acceptors (Lipinski definition) is 4. The normalized spacial score (nSPS) is 18.4. The third-order valence-electron chi connectivity index (χ3n) is 5.29. The smallest absolute Gasteiger partial charge is 0.303 e. The summed E-state index contributed by atoms with van der Waals surface area (Å²) in [5.74, 6) is 0. The number of nitrogens with zero attached hydrogens (tertiary/aromatic N) is 4. The molecule has 6 heteroatoms. The Kier molecular flexibility index (Phi) is 5.74. The summed E-state index contributed by atoms with van der Waals surface area (Å²) in [6, 6.07) is 11.0. The molecule has 0 spiro atoms. The zero-order valence-electron chi connectivity index (χ0n) is 15.9. The molecule has 1 aromatic carbocycles. The molecule has 2 aromatic rings. The molecule has 0 amide bonds. The summed E-state index contributed by atoms with van der Waals surface area (Å²) in [6.07, 6.45) is 3.97. The SMILES string of the molecule is CN(Cc1cn(C)c(=O)n(C)c1=O)C1CCCN(Cc2ccccc2)C1. The first kappa shape index (κ1) is 18.6. The summed E-state index contributed by atoms with van der Waals surface area (Å²) in [5.41, 5.74) is 1.52. The van der Waals surface area contributed by atoms with Crippen molar-refractivity contribution in [2.24, 2.45) is 14.1 Å². The van der Waals surface area contributed by atoms with Crippen LogP contribution in [0.1, 0.15) is 24.0 Å². The molecule has 1 fully saturated rings. The fourth-order valence-corrected chi connectivity index (χ4v) is 3.77. The van der Waals surface area contributed by atoms with Crippen molar-refractivity contribution in [1.82, 2.24) is 18.9 Å². The molecule has 1 unspecified atom stereocenters. The van der Waals surface area contributed by atoms with Gasteiger partial charge in [-0.15, -0.1) is 0 Å². The first-order valence-corrected chi connectivity index (χ1v) is 9.17. The Morgan fingerprint density at radius 3 is 2.62 bits per heavy atom. The van der Waals surface area contributed by atoms with E-state index in [2.05, 4.69) is 41.1 Å². The van der Waals surface area contributed by atoms with Crippen LogP contribution in [0.5, 0.6) is 0 Å². The lowest BCUT2D eigenvalue weighted by Gasteiger charge is -2.37. The Hall–Kier alpha value is -2.18. The van der Waals surface area contributed by atoms with E-state index in [9.17, 15) is 9.59 Å². The van der Waals surface area contributed by atoms with Crippen LogP contribution >= 0.6 is 0 Å². The van der Waals surface area contributed by atoms with Gasteiger partial charge in [0.05, 0.1) is 0 Å². The minimum atomic E-state index is -0.284. The van der Waals surface area contributed by atoms with Crippen molar-refractivity contribution in [2.45, 2.75) is 32.0 Å². The van der Waals surface area contributed by atoms with Crippen molar-refractivity contribution in [3.8, 4) is 0 Å². The van der Waals surface area contributed by atoms with Crippen molar-refractivity contribution in [3.63, 3.8) is 0 Å². The van der Waals surface area contributed by atoms with E-state index in [4.69, 9.17) is 0 Å². The molecule has 2 heterocycles.